The van der Waals surface area contributed by atoms with Gasteiger partial charge in [0.1, 0.15) is 12.1 Å². The van der Waals surface area contributed by atoms with Gasteiger partial charge in [-0.25, -0.2) is 4.98 Å². The van der Waals surface area contributed by atoms with Crippen molar-refractivity contribution in [2.24, 2.45) is 5.92 Å². The highest BCUT2D eigenvalue weighted by atomic mass is 79.9. The molecule has 0 bridgehead atoms. The standard InChI is InChI=1S/C19H24BrN3O4/c1-12(2)7-16(18(24)25)22-17(19(26)27)8-15-9-21-11-23(15)10-13-3-5-14(20)6-4-13/h3-6,9,11-12,16-17,22H,7-8,10H2,1-2H3,(H,24,25)(H,26,27)/t16-,17-/m0/s1. The van der Waals surface area contributed by atoms with Crippen LogP contribution in [0.3, 0.4) is 0 Å². The van der Waals surface area contributed by atoms with Gasteiger partial charge in [0.2, 0.25) is 0 Å². The maximum atomic E-state index is 11.7. The SMILES string of the molecule is CC(C)C[C@H](N[C@@H](Cc1cncn1Cc1ccc(Br)cc1)C(=O)O)C(=O)O. The molecule has 146 valence electrons. The molecule has 0 saturated carbocycles. The number of aliphatic carboxylic acids is 2. The molecule has 2 rings (SSSR count). The van der Waals surface area contributed by atoms with Crippen LogP contribution in [-0.2, 0) is 22.6 Å². The molecule has 0 saturated heterocycles. The van der Waals surface area contributed by atoms with E-state index in [0.717, 1.165) is 15.7 Å². The van der Waals surface area contributed by atoms with Gasteiger partial charge in [0.25, 0.3) is 0 Å². The van der Waals surface area contributed by atoms with E-state index in [1.165, 1.54) is 0 Å². The predicted octanol–water partition coefficient (Wildman–Crippen LogP) is 2.78. The van der Waals surface area contributed by atoms with Gasteiger partial charge in [0.05, 0.1) is 6.33 Å². The molecule has 1 aromatic carbocycles. The van der Waals surface area contributed by atoms with Crippen molar-refractivity contribution in [3.8, 4) is 0 Å². The van der Waals surface area contributed by atoms with Crippen LogP contribution in [-0.4, -0.2) is 43.8 Å². The van der Waals surface area contributed by atoms with Gasteiger partial charge in [-0.1, -0.05) is 41.9 Å². The van der Waals surface area contributed by atoms with Gasteiger partial charge in [-0.3, -0.25) is 14.9 Å². The van der Waals surface area contributed by atoms with E-state index in [1.807, 2.05) is 42.7 Å². The van der Waals surface area contributed by atoms with Gasteiger partial charge in [0, 0.05) is 29.3 Å². The van der Waals surface area contributed by atoms with Crippen molar-refractivity contribution in [2.75, 3.05) is 0 Å². The first-order valence-electron chi connectivity index (χ1n) is 8.71. The zero-order valence-electron chi connectivity index (χ0n) is 15.3. The van der Waals surface area contributed by atoms with Crippen LogP contribution in [0.5, 0.6) is 0 Å². The second-order valence-electron chi connectivity index (χ2n) is 6.92. The third kappa shape index (κ3) is 6.48. The van der Waals surface area contributed by atoms with E-state index in [9.17, 15) is 19.8 Å². The molecule has 2 aromatic rings. The van der Waals surface area contributed by atoms with E-state index in [0.29, 0.717) is 13.0 Å². The minimum atomic E-state index is -1.08. The Hall–Kier alpha value is -2.19. The summed E-state index contributed by atoms with van der Waals surface area (Å²) in [5, 5.41) is 21.7. The average molecular weight is 438 g/mol. The molecule has 0 fully saturated rings. The number of nitrogens with zero attached hydrogens (tertiary/aromatic N) is 2. The van der Waals surface area contributed by atoms with Gasteiger partial charge in [-0.2, -0.15) is 0 Å². The fourth-order valence-corrected chi connectivity index (χ4v) is 3.09. The normalized spacial score (nSPS) is 13.5. The molecular weight excluding hydrogens is 414 g/mol. The lowest BCUT2D eigenvalue weighted by atomic mass is 10.0. The lowest BCUT2D eigenvalue weighted by Crippen LogP contribution is -2.49. The summed E-state index contributed by atoms with van der Waals surface area (Å²) < 4.78 is 2.86. The Bertz CT molecular complexity index is 774. The predicted molar refractivity (Wildman–Crippen MR) is 105 cm³/mol. The second-order valence-corrected chi connectivity index (χ2v) is 7.84. The number of aromatic nitrogens is 2. The number of carboxylic acid groups (broad SMARTS) is 2. The molecule has 7 nitrogen and oxygen atoms in total. The Morgan fingerprint density at radius 3 is 2.33 bits per heavy atom. The quantitative estimate of drug-likeness (QED) is 0.527. The smallest absolute Gasteiger partial charge is 0.321 e. The highest BCUT2D eigenvalue weighted by Gasteiger charge is 2.27. The van der Waals surface area contributed by atoms with Gasteiger partial charge in [-0.15, -0.1) is 0 Å². The van der Waals surface area contributed by atoms with Gasteiger partial charge >= 0.3 is 11.9 Å². The first kappa shape index (κ1) is 21.1. The average Bonchev–Trinajstić information content (AvgIpc) is 3.01. The van der Waals surface area contributed by atoms with Crippen LogP contribution in [0.1, 0.15) is 31.5 Å². The number of rotatable bonds is 10. The molecule has 0 aliphatic heterocycles. The first-order valence-corrected chi connectivity index (χ1v) is 9.50. The van der Waals surface area contributed by atoms with Crippen molar-refractivity contribution >= 4 is 27.9 Å². The third-order valence-corrected chi connectivity index (χ3v) is 4.71. The number of carboxylic acids is 2. The molecular formula is C19H24BrN3O4. The van der Waals surface area contributed by atoms with Crippen molar-refractivity contribution in [1.29, 1.82) is 0 Å². The molecule has 0 aliphatic rings. The number of hydrogen-bond acceptors (Lipinski definition) is 4. The summed E-state index contributed by atoms with van der Waals surface area (Å²) >= 11 is 3.40. The second kappa shape index (κ2) is 9.66. The van der Waals surface area contributed by atoms with Crippen LogP contribution >= 0.6 is 15.9 Å². The molecule has 8 heteroatoms. The fraction of sp³-hybridized carbons (Fsp3) is 0.421. The van der Waals surface area contributed by atoms with E-state index in [2.05, 4.69) is 26.2 Å². The van der Waals surface area contributed by atoms with Crippen LogP contribution in [0, 0.1) is 5.92 Å². The van der Waals surface area contributed by atoms with Crippen LogP contribution < -0.4 is 5.32 Å². The Labute approximate surface area is 166 Å². The summed E-state index contributed by atoms with van der Waals surface area (Å²) in [7, 11) is 0. The Morgan fingerprint density at radius 1 is 1.15 bits per heavy atom. The van der Waals surface area contributed by atoms with Crippen LogP contribution in [0.15, 0.2) is 41.3 Å². The molecule has 2 atom stereocenters. The lowest BCUT2D eigenvalue weighted by Gasteiger charge is -2.22. The molecule has 1 aromatic heterocycles. The summed E-state index contributed by atoms with van der Waals surface area (Å²) in [6.45, 7) is 4.37. The summed E-state index contributed by atoms with van der Waals surface area (Å²) in [5.41, 5.74) is 1.78. The first-order chi connectivity index (χ1) is 12.8. The minimum absolute atomic E-state index is 0.135. The Balaban J connectivity index is 2.12. The Kier molecular flexibility index (Phi) is 7.55. The number of hydrogen-bond donors (Lipinski definition) is 3. The van der Waals surface area contributed by atoms with E-state index in [1.54, 1.807) is 12.5 Å². The lowest BCUT2D eigenvalue weighted by molar-refractivity contribution is -0.142. The van der Waals surface area contributed by atoms with Crippen molar-refractivity contribution < 1.29 is 19.8 Å². The summed E-state index contributed by atoms with van der Waals surface area (Å²) in [5.74, 6) is -1.99. The van der Waals surface area contributed by atoms with E-state index >= 15 is 0 Å². The van der Waals surface area contributed by atoms with Crippen molar-refractivity contribution in [3.05, 3.63) is 52.5 Å². The van der Waals surface area contributed by atoms with Crippen molar-refractivity contribution in [1.82, 2.24) is 14.9 Å². The van der Waals surface area contributed by atoms with E-state index < -0.39 is 24.0 Å². The maximum Gasteiger partial charge on any atom is 0.321 e. The summed E-state index contributed by atoms with van der Waals surface area (Å²) in [6.07, 6.45) is 3.78. The molecule has 3 N–H and O–H groups in total. The zero-order chi connectivity index (χ0) is 20.0. The molecule has 0 spiro atoms. The number of halogens is 1. The summed E-state index contributed by atoms with van der Waals surface area (Å²) in [6, 6.07) is 5.92. The van der Waals surface area contributed by atoms with Gasteiger partial charge < -0.3 is 14.8 Å². The molecule has 27 heavy (non-hydrogen) atoms. The third-order valence-electron chi connectivity index (χ3n) is 4.18. The van der Waals surface area contributed by atoms with Gasteiger partial charge in [-0.05, 0) is 30.0 Å². The van der Waals surface area contributed by atoms with E-state index in [-0.39, 0.29) is 12.3 Å². The topological polar surface area (TPSA) is 104 Å². The minimum Gasteiger partial charge on any atom is -0.480 e. The summed E-state index contributed by atoms with van der Waals surface area (Å²) in [4.78, 5) is 27.3. The molecule has 0 amide bonds. The highest BCUT2D eigenvalue weighted by molar-refractivity contribution is 9.10. The number of benzene rings is 1. The van der Waals surface area contributed by atoms with Crippen molar-refractivity contribution in [3.63, 3.8) is 0 Å². The zero-order valence-corrected chi connectivity index (χ0v) is 16.9. The maximum absolute atomic E-state index is 11.7. The van der Waals surface area contributed by atoms with Crippen LogP contribution in [0.2, 0.25) is 0 Å². The highest BCUT2D eigenvalue weighted by Crippen LogP contribution is 2.14. The number of nitrogens with one attached hydrogen (secondary N) is 1. The fourth-order valence-electron chi connectivity index (χ4n) is 2.83. The van der Waals surface area contributed by atoms with Crippen LogP contribution in [0.4, 0.5) is 0 Å². The molecule has 0 unspecified atom stereocenters. The van der Waals surface area contributed by atoms with Crippen molar-refractivity contribution in [2.45, 2.75) is 45.3 Å². The monoisotopic (exact) mass is 437 g/mol. The number of imidazole rings is 1. The largest absolute Gasteiger partial charge is 0.480 e. The van der Waals surface area contributed by atoms with Gasteiger partial charge in [0.15, 0.2) is 0 Å². The van der Waals surface area contributed by atoms with Crippen LogP contribution in [0.25, 0.3) is 0 Å². The molecule has 0 radical (unpaired) electrons. The molecule has 0 aliphatic carbocycles. The van der Waals surface area contributed by atoms with E-state index in [4.69, 9.17) is 0 Å². The Morgan fingerprint density at radius 2 is 1.78 bits per heavy atom. The number of carbonyl (C=O) groups is 2. The molecule has 1 heterocycles.